The summed E-state index contributed by atoms with van der Waals surface area (Å²) in [6.07, 6.45) is 9.71. The molecule has 1 nitrogen and oxygen atoms in total. The molecule has 0 amide bonds. The molecule has 23 heavy (non-hydrogen) atoms. The number of likely N-dealkylation sites (N-methyl/N-ethyl adjacent to an activating group) is 1. The topological polar surface area (TPSA) is 3.24 Å². The number of nitrogens with zero attached hydrogens (tertiary/aromatic N) is 1. The van der Waals surface area contributed by atoms with Gasteiger partial charge >= 0.3 is 0 Å². The Morgan fingerprint density at radius 1 is 0.957 bits per heavy atom. The Morgan fingerprint density at radius 3 is 2.43 bits per heavy atom. The van der Waals surface area contributed by atoms with Crippen LogP contribution in [0.2, 0.25) is 0 Å². The van der Waals surface area contributed by atoms with Crippen molar-refractivity contribution in [3.05, 3.63) is 84.1 Å². The van der Waals surface area contributed by atoms with Gasteiger partial charge in [-0.1, -0.05) is 68.5 Å². The molecule has 0 bridgehead atoms. The first-order valence-corrected chi connectivity index (χ1v) is 8.39. The molecule has 2 aromatic rings. The van der Waals surface area contributed by atoms with Crippen molar-refractivity contribution in [3.8, 4) is 11.1 Å². The highest BCUT2D eigenvalue weighted by molar-refractivity contribution is 5.65. The molecule has 0 fully saturated rings. The highest BCUT2D eigenvalue weighted by Crippen LogP contribution is 2.29. The predicted molar refractivity (Wildman–Crippen MR) is 99.2 cm³/mol. The zero-order chi connectivity index (χ0) is 16.2. The summed E-state index contributed by atoms with van der Waals surface area (Å²) >= 11 is 0. The van der Waals surface area contributed by atoms with Gasteiger partial charge in [-0.25, -0.2) is 0 Å². The van der Waals surface area contributed by atoms with E-state index >= 15 is 0 Å². The molecule has 0 aliphatic carbocycles. The largest absolute Gasteiger partial charge is 0.370 e. The Balaban J connectivity index is 1.91. The average molecular weight is 303 g/mol. The third-order valence-electron chi connectivity index (χ3n) is 4.30. The third-order valence-corrected chi connectivity index (χ3v) is 4.30. The standard InChI is InChI=1S/C22H25N/c1-17(2)14-18-8-6-9-19(15-18)20-10-7-11-21(16-20)22-12-4-5-13-23(22)3/h4-13,15-17,22H,14H2,1-3H3. The number of hydrogen-bond donors (Lipinski definition) is 0. The van der Waals surface area contributed by atoms with Crippen molar-refractivity contribution >= 4 is 0 Å². The Kier molecular flexibility index (Phi) is 4.66. The van der Waals surface area contributed by atoms with Crippen LogP contribution in [0.5, 0.6) is 0 Å². The van der Waals surface area contributed by atoms with Crippen LogP contribution >= 0.6 is 0 Å². The number of benzene rings is 2. The Morgan fingerprint density at radius 2 is 1.70 bits per heavy atom. The minimum atomic E-state index is 0.318. The Bertz CT molecular complexity index is 724. The fourth-order valence-electron chi connectivity index (χ4n) is 3.18. The summed E-state index contributed by atoms with van der Waals surface area (Å²) in [5.74, 6) is 0.685. The smallest absolute Gasteiger partial charge is 0.0721 e. The van der Waals surface area contributed by atoms with Crippen molar-refractivity contribution < 1.29 is 0 Å². The maximum atomic E-state index is 2.33. The first-order valence-electron chi connectivity index (χ1n) is 8.39. The van der Waals surface area contributed by atoms with Crippen LogP contribution in [-0.2, 0) is 6.42 Å². The van der Waals surface area contributed by atoms with Gasteiger partial charge in [0.2, 0.25) is 0 Å². The highest BCUT2D eigenvalue weighted by Gasteiger charge is 2.13. The summed E-state index contributed by atoms with van der Waals surface area (Å²) in [4.78, 5) is 2.24. The molecule has 0 N–H and O–H groups in total. The molecular weight excluding hydrogens is 278 g/mol. The number of rotatable bonds is 4. The maximum Gasteiger partial charge on any atom is 0.0721 e. The Hall–Kier alpha value is -2.28. The van der Waals surface area contributed by atoms with Gasteiger partial charge < -0.3 is 4.90 Å². The van der Waals surface area contributed by atoms with Crippen molar-refractivity contribution in [1.29, 1.82) is 0 Å². The quantitative estimate of drug-likeness (QED) is 0.709. The summed E-state index contributed by atoms with van der Waals surface area (Å²) in [5, 5.41) is 0. The summed E-state index contributed by atoms with van der Waals surface area (Å²) < 4.78 is 0. The first-order chi connectivity index (χ1) is 11.1. The molecule has 118 valence electrons. The van der Waals surface area contributed by atoms with Crippen molar-refractivity contribution in [1.82, 2.24) is 4.90 Å². The molecule has 2 aromatic carbocycles. The normalized spacial score (nSPS) is 17.0. The zero-order valence-corrected chi connectivity index (χ0v) is 14.2. The predicted octanol–water partition coefficient (Wildman–Crippen LogP) is 5.61. The summed E-state index contributed by atoms with van der Waals surface area (Å²) in [7, 11) is 2.13. The lowest BCUT2D eigenvalue weighted by Gasteiger charge is -2.27. The van der Waals surface area contributed by atoms with Gasteiger partial charge in [0.15, 0.2) is 0 Å². The van der Waals surface area contributed by atoms with Gasteiger partial charge in [0.1, 0.15) is 0 Å². The Labute approximate surface area is 140 Å². The SMILES string of the molecule is CC(C)Cc1cccc(-c2cccc(C3C=CC=CN3C)c2)c1. The summed E-state index contributed by atoms with van der Waals surface area (Å²) in [6, 6.07) is 18.2. The van der Waals surface area contributed by atoms with E-state index in [9.17, 15) is 0 Å². The summed E-state index contributed by atoms with van der Waals surface area (Å²) in [6.45, 7) is 4.54. The second kappa shape index (κ2) is 6.87. The van der Waals surface area contributed by atoms with E-state index in [4.69, 9.17) is 0 Å². The van der Waals surface area contributed by atoms with Gasteiger partial charge in [0.25, 0.3) is 0 Å². The van der Waals surface area contributed by atoms with Crippen LogP contribution < -0.4 is 0 Å². The maximum absolute atomic E-state index is 2.33. The third kappa shape index (κ3) is 3.73. The molecule has 1 heteroatoms. The van der Waals surface area contributed by atoms with E-state index in [1.54, 1.807) is 0 Å². The van der Waals surface area contributed by atoms with Gasteiger partial charge in [0.05, 0.1) is 6.04 Å². The molecule has 3 rings (SSSR count). The lowest BCUT2D eigenvalue weighted by atomic mass is 9.95. The van der Waals surface area contributed by atoms with Crippen LogP contribution in [0, 0.1) is 5.92 Å². The molecule has 0 saturated heterocycles. The van der Waals surface area contributed by atoms with E-state index in [0.29, 0.717) is 12.0 Å². The molecule has 0 spiro atoms. The van der Waals surface area contributed by atoms with E-state index in [0.717, 1.165) is 6.42 Å². The van der Waals surface area contributed by atoms with Crippen molar-refractivity contribution in [2.24, 2.45) is 5.92 Å². The van der Waals surface area contributed by atoms with Crippen LogP contribution in [-0.4, -0.2) is 11.9 Å². The number of allylic oxidation sites excluding steroid dienone is 2. The van der Waals surface area contributed by atoms with Crippen molar-refractivity contribution in [3.63, 3.8) is 0 Å². The molecule has 1 atom stereocenters. The molecule has 1 heterocycles. The second-order valence-electron chi connectivity index (χ2n) is 6.76. The van der Waals surface area contributed by atoms with Crippen LogP contribution in [0.1, 0.15) is 31.0 Å². The fraction of sp³-hybridized carbons (Fsp3) is 0.273. The molecule has 0 aromatic heterocycles. The van der Waals surface area contributed by atoms with Crippen LogP contribution in [0.15, 0.2) is 73.0 Å². The molecule has 0 radical (unpaired) electrons. The van der Waals surface area contributed by atoms with Gasteiger partial charge in [-0.15, -0.1) is 0 Å². The van der Waals surface area contributed by atoms with Crippen LogP contribution in [0.4, 0.5) is 0 Å². The first kappa shape index (κ1) is 15.6. The van der Waals surface area contributed by atoms with Gasteiger partial charge in [0, 0.05) is 7.05 Å². The highest BCUT2D eigenvalue weighted by atomic mass is 15.1. The molecule has 1 unspecified atom stereocenters. The molecule has 0 saturated carbocycles. The molecule has 1 aliphatic heterocycles. The molecule has 1 aliphatic rings. The van der Waals surface area contributed by atoms with Gasteiger partial charge in [-0.3, -0.25) is 0 Å². The van der Waals surface area contributed by atoms with Crippen molar-refractivity contribution in [2.45, 2.75) is 26.3 Å². The van der Waals surface area contributed by atoms with E-state index in [1.165, 1.54) is 22.3 Å². The van der Waals surface area contributed by atoms with Crippen LogP contribution in [0.3, 0.4) is 0 Å². The minimum Gasteiger partial charge on any atom is -0.370 e. The average Bonchev–Trinajstić information content (AvgIpc) is 2.55. The fourth-order valence-corrected chi connectivity index (χ4v) is 3.18. The monoisotopic (exact) mass is 303 g/mol. The second-order valence-corrected chi connectivity index (χ2v) is 6.76. The summed E-state index contributed by atoms with van der Waals surface area (Å²) in [5.41, 5.74) is 5.35. The van der Waals surface area contributed by atoms with E-state index in [1.807, 2.05) is 0 Å². The lowest BCUT2D eigenvalue weighted by molar-refractivity contribution is 0.390. The van der Waals surface area contributed by atoms with Crippen LogP contribution in [0.25, 0.3) is 11.1 Å². The molecular formula is C22H25N. The van der Waals surface area contributed by atoms with Gasteiger partial charge in [-0.05, 0) is 52.9 Å². The van der Waals surface area contributed by atoms with E-state index < -0.39 is 0 Å². The zero-order valence-electron chi connectivity index (χ0n) is 14.2. The van der Waals surface area contributed by atoms with E-state index in [2.05, 4.69) is 98.8 Å². The van der Waals surface area contributed by atoms with Crippen molar-refractivity contribution in [2.75, 3.05) is 7.05 Å². The minimum absolute atomic E-state index is 0.318. The lowest BCUT2D eigenvalue weighted by Crippen LogP contribution is -2.18. The van der Waals surface area contributed by atoms with E-state index in [-0.39, 0.29) is 0 Å². The van der Waals surface area contributed by atoms with Gasteiger partial charge in [-0.2, -0.15) is 0 Å². The number of hydrogen-bond acceptors (Lipinski definition) is 1.